The van der Waals surface area contributed by atoms with Gasteiger partial charge in [-0.25, -0.2) is 4.98 Å². The molecule has 1 aromatic heterocycles. The molecule has 21 heavy (non-hydrogen) atoms. The molecule has 0 aliphatic heterocycles. The number of hydrogen-bond donors (Lipinski definition) is 2. The van der Waals surface area contributed by atoms with E-state index in [1.165, 1.54) is 24.4 Å². The first kappa shape index (κ1) is 15.1. The van der Waals surface area contributed by atoms with Crippen LogP contribution in [0.15, 0.2) is 36.5 Å². The van der Waals surface area contributed by atoms with E-state index in [9.17, 15) is 13.2 Å². The van der Waals surface area contributed by atoms with Gasteiger partial charge in [-0.05, 0) is 32.0 Å². The van der Waals surface area contributed by atoms with Crippen LogP contribution in [0, 0.1) is 0 Å². The van der Waals surface area contributed by atoms with Crippen LogP contribution in [0.4, 0.5) is 30.6 Å². The van der Waals surface area contributed by atoms with Crippen molar-refractivity contribution in [1.82, 2.24) is 9.97 Å². The highest BCUT2D eigenvalue weighted by atomic mass is 19.4. The Labute approximate surface area is 120 Å². The van der Waals surface area contributed by atoms with Crippen LogP contribution in [0.5, 0.6) is 0 Å². The van der Waals surface area contributed by atoms with E-state index >= 15 is 0 Å². The molecule has 0 bridgehead atoms. The molecule has 0 spiro atoms. The Morgan fingerprint density at radius 2 is 1.81 bits per heavy atom. The molecule has 112 valence electrons. The smallest absolute Gasteiger partial charge is 0.368 e. The second-order valence-corrected chi connectivity index (χ2v) is 4.73. The molecule has 2 aromatic rings. The summed E-state index contributed by atoms with van der Waals surface area (Å²) in [5, 5.41) is 5.67. The van der Waals surface area contributed by atoms with E-state index in [4.69, 9.17) is 0 Å². The minimum atomic E-state index is -4.43. The Morgan fingerprint density at radius 1 is 1.10 bits per heavy atom. The fourth-order valence-electron chi connectivity index (χ4n) is 1.75. The summed E-state index contributed by atoms with van der Waals surface area (Å²) < 4.78 is 38.7. The number of halogens is 3. The first-order valence-electron chi connectivity index (χ1n) is 6.39. The van der Waals surface area contributed by atoms with Gasteiger partial charge in [0, 0.05) is 12.2 Å². The van der Waals surface area contributed by atoms with Crippen LogP contribution in [0.2, 0.25) is 0 Å². The Morgan fingerprint density at radius 3 is 2.48 bits per heavy atom. The molecule has 2 rings (SSSR count). The van der Waals surface area contributed by atoms with Crippen LogP contribution in [-0.4, -0.2) is 16.0 Å². The van der Waals surface area contributed by atoms with Crippen molar-refractivity contribution in [2.45, 2.75) is 26.1 Å². The van der Waals surface area contributed by atoms with Gasteiger partial charge in [0.2, 0.25) is 5.95 Å². The third-order valence-electron chi connectivity index (χ3n) is 2.57. The van der Waals surface area contributed by atoms with Gasteiger partial charge >= 0.3 is 6.18 Å². The SMILES string of the molecule is CC(C)Nc1ccnc(Nc2ccccc2C(F)(F)F)n1. The Balaban J connectivity index is 2.27. The van der Waals surface area contributed by atoms with Crippen molar-refractivity contribution in [3.63, 3.8) is 0 Å². The van der Waals surface area contributed by atoms with Crippen LogP contribution in [0.1, 0.15) is 19.4 Å². The molecule has 0 atom stereocenters. The van der Waals surface area contributed by atoms with Crippen LogP contribution < -0.4 is 10.6 Å². The van der Waals surface area contributed by atoms with E-state index in [1.807, 2.05) is 13.8 Å². The molecule has 2 N–H and O–H groups in total. The third kappa shape index (κ3) is 4.08. The number of benzene rings is 1. The maximum Gasteiger partial charge on any atom is 0.418 e. The van der Waals surface area contributed by atoms with Gasteiger partial charge in [0.15, 0.2) is 0 Å². The molecular formula is C14H15F3N4. The lowest BCUT2D eigenvalue weighted by Crippen LogP contribution is -2.13. The molecule has 0 aliphatic carbocycles. The number of aromatic nitrogens is 2. The molecule has 0 saturated heterocycles. The molecule has 1 heterocycles. The van der Waals surface area contributed by atoms with Crippen molar-refractivity contribution >= 4 is 17.5 Å². The van der Waals surface area contributed by atoms with Gasteiger partial charge in [-0.2, -0.15) is 18.2 Å². The summed E-state index contributed by atoms with van der Waals surface area (Å²) in [6.07, 6.45) is -2.95. The highest BCUT2D eigenvalue weighted by molar-refractivity contribution is 5.60. The Kier molecular flexibility index (Phi) is 4.30. The maximum absolute atomic E-state index is 12.9. The number of rotatable bonds is 4. The predicted molar refractivity (Wildman–Crippen MR) is 75.5 cm³/mol. The lowest BCUT2D eigenvalue weighted by Gasteiger charge is -2.14. The summed E-state index contributed by atoms with van der Waals surface area (Å²) in [6.45, 7) is 3.88. The zero-order chi connectivity index (χ0) is 15.5. The molecule has 1 aromatic carbocycles. The molecule has 7 heteroatoms. The number of hydrogen-bond acceptors (Lipinski definition) is 4. The minimum Gasteiger partial charge on any atom is -0.368 e. The first-order valence-corrected chi connectivity index (χ1v) is 6.39. The number of anilines is 3. The van der Waals surface area contributed by atoms with E-state index in [0.29, 0.717) is 5.82 Å². The number of alkyl halides is 3. The predicted octanol–water partition coefficient (Wildman–Crippen LogP) is 4.06. The van der Waals surface area contributed by atoms with Gasteiger partial charge in [-0.1, -0.05) is 12.1 Å². The van der Waals surface area contributed by atoms with E-state index in [2.05, 4.69) is 20.6 Å². The summed E-state index contributed by atoms with van der Waals surface area (Å²) in [6, 6.07) is 7.03. The summed E-state index contributed by atoms with van der Waals surface area (Å²) in [5.74, 6) is 0.657. The largest absolute Gasteiger partial charge is 0.418 e. The van der Waals surface area contributed by atoms with Gasteiger partial charge in [0.1, 0.15) is 5.82 Å². The van der Waals surface area contributed by atoms with E-state index in [0.717, 1.165) is 6.07 Å². The van der Waals surface area contributed by atoms with Gasteiger partial charge in [0.25, 0.3) is 0 Å². The number of nitrogens with zero attached hydrogens (tertiary/aromatic N) is 2. The summed E-state index contributed by atoms with van der Waals surface area (Å²) in [4.78, 5) is 8.07. The second-order valence-electron chi connectivity index (χ2n) is 4.73. The van der Waals surface area contributed by atoms with Crippen molar-refractivity contribution in [3.8, 4) is 0 Å². The number of para-hydroxylation sites is 1. The third-order valence-corrected chi connectivity index (χ3v) is 2.57. The van der Waals surface area contributed by atoms with Gasteiger partial charge in [-0.15, -0.1) is 0 Å². The molecule has 0 amide bonds. The van der Waals surface area contributed by atoms with E-state index in [1.54, 1.807) is 6.07 Å². The lowest BCUT2D eigenvalue weighted by molar-refractivity contribution is -0.136. The Hall–Kier alpha value is -2.31. The average Bonchev–Trinajstić information content (AvgIpc) is 2.37. The minimum absolute atomic E-state index is 0.0771. The van der Waals surface area contributed by atoms with Crippen LogP contribution in [0.25, 0.3) is 0 Å². The quantitative estimate of drug-likeness (QED) is 0.893. The van der Waals surface area contributed by atoms with Crippen molar-refractivity contribution < 1.29 is 13.2 Å². The first-order chi connectivity index (χ1) is 9.86. The second kappa shape index (κ2) is 5.99. The van der Waals surface area contributed by atoms with Crippen molar-refractivity contribution in [2.75, 3.05) is 10.6 Å². The van der Waals surface area contributed by atoms with Crippen molar-refractivity contribution in [1.29, 1.82) is 0 Å². The van der Waals surface area contributed by atoms with Gasteiger partial charge in [0.05, 0.1) is 11.3 Å². The highest BCUT2D eigenvalue weighted by Crippen LogP contribution is 2.35. The van der Waals surface area contributed by atoms with Crippen molar-refractivity contribution in [2.24, 2.45) is 0 Å². The van der Waals surface area contributed by atoms with Crippen LogP contribution in [-0.2, 0) is 6.18 Å². The summed E-state index contributed by atoms with van der Waals surface area (Å²) >= 11 is 0. The summed E-state index contributed by atoms with van der Waals surface area (Å²) in [7, 11) is 0. The van der Waals surface area contributed by atoms with E-state index < -0.39 is 11.7 Å². The Bertz CT molecular complexity index is 611. The van der Waals surface area contributed by atoms with Gasteiger partial charge < -0.3 is 10.6 Å². The molecule has 0 radical (unpaired) electrons. The van der Waals surface area contributed by atoms with Crippen LogP contribution >= 0.6 is 0 Å². The lowest BCUT2D eigenvalue weighted by atomic mass is 10.1. The molecule has 0 unspecified atom stereocenters. The molecule has 0 fully saturated rings. The van der Waals surface area contributed by atoms with Crippen LogP contribution in [0.3, 0.4) is 0 Å². The fourth-order valence-corrected chi connectivity index (χ4v) is 1.75. The monoisotopic (exact) mass is 296 g/mol. The molecule has 0 aliphatic rings. The topological polar surface area (TPSA) is 49.8 Å². The maximum atomic E-state index is 12.9. The normalized spacial score (nSPS) is 11.5. The zero-order valence-corrected chi connectivity index (χ0v) is 11.6. The highest BCUT2D eigenvalue weighted by Gasteiger charge is 2.33. The molecule has 0 saturated carbocycles. The molecular weight excluding hydrogens is 281 g/mol. The summed E-state index contributed by atoms with van der Waals surface area (Å²) in [5.41, 5.74) is -0.831. The number of nitrogens with one attached hydrogen (secondary N) is 2. The van der Waals surface area contributed by atoms with Gasteiger partial charge in [-0.3, -0.25) is 0 Å². The molecule has 4 nitrogen and oxygen atoms in total. The van der Waals surface area contributed by atoms with Crippen molar-refractivity contribution in [3.05, 3.63) is 42.1 Å². The zero-order valence-electron chi connectivity index (χ0n) is 11.6. The standard InChI is InChI=1S/C14H15F3N4/c1-9(2)19-12-7-8-18-13(21-12)20-11-6-4-3-5-10(11)14(15,16)17/h3-9H,1-2H3,(H2,18,19,20,21). The van der Waals surface area contributed by atoms with E-state index in [-0.39, 0.29) is 17.7 Å². The fraction of sp³-hybridized carbons (Fsp3) is 0.286. The average molecular weight is 296 g/mol.